The zero-order chi connectivity index (χ0) is 21.5. The lowest BCUT2D eigenvalue weighted by molar-refractivity contribution is -0.875. The molecule has 6 heteroatoms. The van der Waals surface area contributed by atoms with Crippen molar-refractivity contribution in [3.05, 3.63) is 24.3 Å². The summed E-state index contributed by atoms with van der Waals surface area (Å²) in [4.78, 5) is 19.1. The minimum Gasteiger partial charge on any atom is -0.373 e. The molecule has 28 heavy (non-hydrogen) atoms. The lowest BCUT2D eigenvalue weighted by Crippen LogP contribution is -2.49. The maximum absolute atomic E-state index is 11.7. The fourth-order valence-corrected chi connectivity index (χ4v) is 4.35. The van der Waals surface area contributed by atoms with Gasteiger partial charge in [0.25, 0.3) is 0 Å². The Morgan fingerprint density at radius 1 is 0.786 bits per heavy atom. The van der Waals surface area contributed by atoms with Gasteiger partial charge in [-0.15, -0.1) is 0 Å². The van der Waals surface area contributed by atoms with Gasteiger partial charge in [-0.1, -0.05) is 63.3 Å². The standard InChI is InChI=1S/C22H44NO4P/c1-5-6-7-8-9-10-11-12-13-14-15-16-17-18-19-20-22(24,28(25,26)27)21-23(2,3)4/h6-7,17-18,24H,5,8-16,19-21H2,1-4H3,(H-,25,26,27)/p+1/b7-6-,18-17-. The molecule has 0 rings (SSSR count). The van der Waals surface area contributed by atoms with Gasteiger partial charge in [-0.25, -0.2) is 0 Å². The van der Waals surface area contributed by atoms with Gasteiger partial charge >= 0.3 is 7.60 Å². The van der Waals surface area contributed by atoms with Crippen LogP contribution in [-0.2, 0) is 4.57 Å². The number of likely N-dealkylation sites (N-methyl/N-ethyl adjacent to an activating group) is 1. The van der Waals surface area contributed by atoms with E-state index < -0.39 is 12.9 Å². The van der Waals surface area contributed by atoms with Gasteiger partial charge in [-0.05, 0) is 44.9 Å². The van der Waals surface area contributed by atoms with E-state index in [0.717, 1.165) is 19.3 Å². The van der Waals surface area contributed by atoms with E-state index >= 15 is 0 Å². The molecule has 0 amide bonds. The van der Waals surface area contributed by atoms with E-state index in [1.807, 2.05) is 27.2 Å². The first-order valence-corrected chi connectivity index (χ1v) is 12.5. The van der Waals surface area contributed by atoms with Crippen molar-refractivity contribution in [2.24, 2.45) is 0 Å². The van der Waals surface area contributed by atoms with Crippen LogP contribution in [-0.4, -0.2) is 52.4 Å². The summed E-state index contributed by atoms with van der Waals surface area (Å²) in [5.41, 5.74) is 0. The highest BCUT2D eigenvalue weighted by molar-refractivity contribution is 7.53. The molecule has 0 aromatic carbocycles. The number of nitrogens with zero attached hydrogens (tertiary/aromatic N) is 1. The first-order chi connectivity index (χ1) is 13.0. The Balaban J connectivity index is 3.83. The maximum atomic E-state index is 11.7. The monoisotopic (exact) mass is 418 g/mol. The quantitative estimate of drug-likeness (QED) is 0.128. The minimum absolute atomic E-state index is 0.0278. The second-order valence-corrected chi connectivity index (χ2v) is 10.8. The van der Waals surface area contributed by atoms with Crippen molar-refractivity contribution in [2.75, 3.05) is 27.7 Å². The normalized spacial score (nSPS) is 15.5. The van der Waals surface area contributed by atoms with E-state index in [0.29, 0.717) is 10.9 Å². The molecule has 0 aromatic heterocycles. The zero-order valence-electron chi connectivity index (χ0n) is 18.6. The molecule has 0 spiro atoms. The number of hydrogen-bond donors (Lipinski definition) is 3. The summed E-state index contributed by atoms with van der Waals surface area (Å²) < 4.78 is 12.0. The maximum Gasteiger partial charge on any atom is 0.362 e. The molecule has 0 heterocycles. The predicted octanol–water partition coefficient (Wildman–Crippen LogP) is 5.37. The van der Waals surface area contributed by atoms with E-state index in [9.17, 15) is 19.5 Å². The van der Waals surface area contributed by atoms with E-state index in [2.05, 4.69) is 25.2 Å². The van der Waals surface area contributed by atoms with Crippen molar-refractivity contribution in [1.82, 2.24) is 0 Å². The van der Waals surface area contributed by atoms with Crippen LogP contribution in [0, 0.1) is 0 Å². The number of hydrogen-bond acceptors (Lipinski definition) is 2. The van der Waals surface area contributed by atoms with E-state index in [-0.39, 0.29) is 13.0 Å². The molecule has 0 saturated heterocycles. The van der Waals surface area contributed by atoms with E-state index in [1.54, 1.807) is 0 Å². The number of aliphatic hydroxyl groups is 1. The van der Waals surface area contributed by atoms with Crippen LogP contribution >= 0.6 is 7.60 Å². The first-order valence-electron chi connectivity index (χ1n) is 10.9. The van der Waals surface area contributed by atoms with Crippen LogP contribution in [0.4, 0.5) is 0 Å². The molecule has 0 aliphatic heterocycles. The van der Waals surface area contributed by atoms with Crippen molar-refractivity contribution in [2.45, 2.75) is 89.3 Å². The molecule has 0 aliphatic carbocycles. The van der Waals surface area contributed by atoms with Crippen molar-refractivity contribution in [3.8, 4) is 0 Å². The molecule has 0 radical (unpaired) electrons. The van der Waals surface area contributed by atoms with Gasteiger partial charge < -0.3 is 19.4 Å². The van der Waals surface area contributed by atoms with Crippen LogP contribution in [0.2, 0.25) is 0 Å². The van der Waals surface area contributed by atoms with Crippen molar-refractivity contribution in [3.63, 3.8) is 0 Å². The average Bonchev–Trinajstić information content (AvgIpc) is 2.56. The third kappa shape index (κ3) is 14.5. The lowest BCUT2D eigenvalue weighted by Gasteiger charge is -2.35. The van der Waals surface area contributed by atoms with E-state index in [4.69, 9.17) is 0 Å². The number of rotatable bonds is 17. The van der Waals surface area contributed by atoms with E-state index in [1.165, 1.54) is 44.9 Å². The van der Waals surface area contributed by atoms with Crippen molar-refractivity contribution in [1.29, 1.82) is 0 Å². The molecule has 0 saturated carbocycles. The summed E-state index contributed by atoms with van der Waals surface area (Å²) in [5, 5.41) is 8.51. The Kier molecular flexibility index (Phi) is 14.3. The number of allylic oxidation sites excluding steroid dienone is 4. The molecule has 0 bridgehead atoms. The topological polar surface area (TPSA) is 77.8 Å². The summed E-state index contributed by atoms with van der Waals surface area (Å²) in [6, 6.07) is 0. The average molecular weight is 419 g/mol. The Morgan fingerprint density at radius 3 is 1.64 bits per heavy atom. The van der Waals surface area contributed by atoms with Gasteiger partial charge in [-0.3, -0.25) is 4.57 Å². The molecular weight excluding hydrogens is 373 g/mol. The second-order valence-electron chi connectivity index (χ2n) is 8.92. The van der Waals surface area contributed by atoms with Crippen LogP contribution in [0.3, 0.4) is 0 Å². The summed E-state index contributed by atoms with van der Waals surface area (Å²) >= 11 is 0. The molecular formula is C22H45NO4P+. The lowest BCUT2D eigenvalue weighted by atomic mass is 10.1. The van der Waals surface area contributed by atoms with Crippen molar-refractivity contribution < 1.29 is 23.9 Å². The smallest absolute Gasteiger partial charge is 0.362 e. The molecule has 0 fully saturated rings. The van der Waals surface area contributed by atoms with Crippen LogP contribution in [0.5, 0.6) is 0 Å². The zero-order valence-corrected chi connectivity index (χ0v) is 19.5. The first kappa shape index (κ1) is 27.5. The van der Waals surface area contributed by atoms with Gasteiger partial charge in [0.05, 0.1) is 21.1 Å². The summed E-state index contributed by atoms with van der Waals surface area (Å²) in [6.45, 7) is 2.19. The Labute approximate surface area is 173 Å². The third-order valence-corrected chi connectivity index (χ3v) is 6.24. The predicted molar refractivity (Wildman–Crippen MR) is 119 cm³/mol. The van der Waals surface area contributed by atoms with Crippen LogP contribution in [0.1, 0.15) is 84.0 Å². The van der Waals surface area contributed by atoms with Gasteiger partial charge in [0.15, 0.2) is 0 Å². The SMILES string of the molecule is CC/C=C\CCCCCCCCC/C=C\CCC(O)(C[N+](C)(C)C)P(=O)(O)O. The Bertz CT molecular complexity index is 493. The fourth-order valence-electron chi connectivity index (χ4n) is 3.32. The molecule has 1 atom stereocenters. The van der Waals surface area contributed by atoms with Gasteiger partial charge in [0.1, 0.15) is 6.54 Å². The highest BCUT2D eigenvalue weighted by atomic mass is 31.2. The summed E-state index contributed by atoms with van der Waals surface area (Å²) in [5.74, 6) is 0. The van der Waals surface area contributed by atoms with Gasteiger partial charge in [-0.2, -0.15) is 0 Å². The summed E-state index contributed by atoms with van der Waals surface area (Å²) in [6.07, 6.45) is 21.4. The molecule has 5 nitrogen and oxygen atoms in total. The number of quaternary nitrogens is 1. The minimum atomic E-state index is -4.57. The number of unbranched alkanes of at least 4 members (excludes halogenated alkanes) is 8. The highest BCUT2D eigenvalue weighted by Crippen LogP contribution is 2.52. The molecule has 166 valence electrons. The van der Waals surface area contributed by atoms with Crippen molar-refractivity contribution >= 4 is 7.60 Å². The van der Waals surface area contributed by atoms with Crippen LogP contribution in [0.15, 0.2) is 24.3 Å². The van der Waals surface area contributed by atoms with Crippen LogP contribution < -0.4 is 0 Å². The molecule has 1 unspecified atom stereocenters. The highest BCUT2D eigenvalue weighted by Gasteiger charge is 2.48. The second kappa shape index (κ2) is 14.5. The van der Waals surface area contributed by atoms with Gasteiger partial charge in [0, 0.05) is 0 Å². The Hall–Kier alpha value is -0.450. The molecule has 3 N–H and O–H groups in total. The third-order valence-electron chi connectivity index (χ3n) is 4.79. The fraction of sp³-hybridized carbons (Fsp3) is 0.818. The summed E-state index contributed by atoms with van der Waals surface area (Å²) in [7, 11) is 0.888. The Morgan fingerprint density at radius 2 is 1.21 bits per heavy atom. The molecule has 0 aromatic rings. The largest absolute Gasteiger partial charge is 0.373 e. The molecule has 0 aliphatic rings. The van der Waals surface area contributed by atoms with Crippen LogP contribution in [0.25, 0.3) is 0 Å². The van der Waals surface area contributed by atoms with Gasteiger partial charge in [0.2, 0.25) is 5.34 Å².